The van der Waals surface area contributed by atoms with Crippen molar-refractivity contribution in [3.8, 4) is 5.75 Å². The first-order chi connectivity index (χ1) is 13.2. The van der Waals surface area contributed by atoms with Crippen LogP contribution in [0.15, 0.2) is 54.6 Å². The Morgan fingerprint density at radius 1 is 0.968 bits per heavy atom. The normalized spacial score (nSPS) is 17.9. The van der Waals surface area contributed by atoms with Crippen molar-refractivity contribution in [1.82, 2.24) is 4.90 Å². The van der Waals surface area contributed by atoms with Gasteiger partial charge in [-0.3, -0.25) is 9.08 Å². The highest BCUT2D eigenvalue weighted by molar-refractivity contribution is 7.86. The molecule has 0 unspecified atom stereocenters. The van der Waals surface area contributed by atoms with Crippen LogP contribution in [0.1, 0.15) is 37.0 Å². The van der Waals surface area contributed by atoms with Gasteiger partial charge in [-0.25, -0.2) is 0 Å². The second-order valence-electron chi connectivity index (χ2n) is 7.46. The third-order valence-corrected chi connectivity index (χ3v) is 6.11. The molecule has 0 spiro atoms. The monoisotopic (exact) mass is 459 g/mol. The Morgan fingerprint density at radius 2 is 1.48 bits per heavy atom. The van der Waals surface area contributed by atoms with Gasteiger partial charge in [0.1, 0.15) is 11.4 Å². The summed E-state index contributed by atoms with van der Waals surface area (Å²) in [5.41, 5.74) is 0.707. The van der Waals surface area contributed by atoms with E-state index in [0.717, 1.165) is 17.4 Å². The van der Waals surface area contributed by atoms with Crippen LogP contribution in [0, 0.1) is 0 Å². The van der Waals surface area contributed by atoms with Gasteiger partial charge < -0.3 is 26.6 Å². The summed E-state index contributed by atoms with van der Waals surface area (Å²) in [7, 11) is -3.62. The molecule has 1 fully saturated rings. The Kier molecular flexibility index (Phi) is 10.8. The van der Waals surface area contributed by atoms with Crippen LogP contribution in [0.3, 0.4) is 0 Å². The number of rotatable bonds is 6. The van der Waals surface area contributed by atoms with Crippen LogP contribution >= 0.6 is 0 Å². The molecule has 0 saturated carbocycles. The molecular weight excluding hydrogens is 426 g/mol. The predicted octanol–water partition coefficient (Wildman–Crippen LogP) is 0.307. The standard InChI is InChI=1S/C21H27NO5S.3H2O/c1-16(20(24)17-8-10-19(23)11-9-17)22-14-12-21(13-15-22,27-28(2,25)26)18-6-4-3-5-7-18;;;/h3-11,16,20,23-24H,12-15H2,1-2H3;3*1H2/t16-,20+;;;/m0.../s1. The van der Waals surface area contributed by atoms with Gasteiger partial charge in [-0.2, -0.15) is 8.42 Å². The fourth-order valence-corrected chi connectivity index (χ4v) is 4.74. The van der Waals surface area contributed by atoms with Gasteiger partial charge in [-0.05, 0) is 43.0 Å². The minimum Gasteiger partial charge on any atom is -0.508 e. The number of phenols is 1. The van der Waals surface area contributed by atoms with E-state index in [4.69, 9.17) is 4.18 Å². The van der Waals surface area contributed by atoms with Gasteiger partial charge in [0.2, 0.25) is 0 Å². The number of hydrogen-bond donors (Lipinski definition) is 2. The van der Waals surface area contributed by atoms with Crippen LogP contribution in [0.2, 0.25) is 0 Å². The molecule has 176 valence electrons. The fourth-order valence-electron chi connectivity index (χ4n) is 3.89. The lowest BCUT2D eigenvalue weighted by Gasteiger charge is -2.44. The zero-order chi connectivity index (χ0) is 20.4. The number of hydrogen-bond acceptors (Lipinski definition) is 6. The van der Waals surface area contributed by atoms with Crippen molar-refractivity contribution < 1.29 is 39.2 Å². The van der Waals surface area contributed by atoms with Crippen molar-refractivity contribution in [2.45, 2.75) is 37.5 Å². The Morgan fingerprint density at radius 3 is 1.97 bits per heavy atom. The van der Waals surface area contributed by atoms with Crippen molar-refractivity contribution in [3.63, 3.8) is 0 Å². The second kappa shape index (κ2) is 11.5. The highest BCUT2D eigenvalue weighted by Gasteiger charge is 2.41. The molecular formula is C21H33NO8S. The van der Waals surface area contributed by atoms with E-state index in [1.165, 1.54) is 0 Å². The molecule has 0 aliphatic carbocycles. The molecule has 0 bridgehead atoms. The van der Waals surface area contributed by atoms with Crippen LogP contribution in [-0.2, 0) is 19.9 Å². The Hall–Kier alpha value is -2.05. The molecule has 0 aromatic heterocycles. The SMILES string of the molecule is C[C@@H]([C@@H](O)c1ccc(O)cc1)N1CCC(OS(C)(=O)=O)(c2ccccc2)CC1.O.O.O. The number of aliphatic hydroxyl groups is 1. The summed E-state index contributed by atoms with van der Waals surface area (Å²) in [5.74, 6) is 0.159. The first-order valence-corrected chi connectivity index (χ1v) is 11.2. The van der Waals surface area contributed by atoms with E-state index in [9.17, 15) is 18.6 Å². The first kappa shape index (κ1) is 28.9. The number of benzene rings is 2. The van der Waals surface area contributed by atoms with Gasteiger partial charge in [-0.15, -0.1) is 0 Å². The van der Waals surface area contributed by atoms with Gasteiger partial charge in [0.15, 0.2) is 0 Å². The van der Waals surface area contributed by atoms with Crippen LogP contribution in [0.4, 0.5) is 0 Å². The molecule has 3 rings (SSSR count). The summed E-state index contributed by atoms with van der Waals surface area (Å²) >= 11 is 0. The van der Waals surface area contributed by atoms with Crippen molar-refractivity contribution in [2.24, 2.45) is 0 Å². The van der Waals surface area contributed by atoms with Crippen molar-refractivity contribution in [3.05, 3.63) is 65.7 Å². The van der Waals surface area contributed by atoms with Gasteiger partial charge in [-0.1, -0.05) is 42.5 Å². The fraction of sp³-hybridized carbons (Fsp3) is 0.429. The molecule has 10 heteroatoms. The Labute approximate surface area is 183 Å². The van der Waals surface area contributed by atoms with E-state index in [1.54, 1.807) is 24.3 Å². The quantitative estimate of drug-likeness (QED) is 0.586. The number of likely N-dealkylation sites (tertiary alicyclic amines) is 1. The largest absolute Gasteiger partial charge is 0.508 e. The first-order valence-electron chi connectivity index (χ1n) is 9.37. The molecule has 0 amide bonds. The van der Waals surface area contributed by atoms with Gasteiger partial charge in [0.05, 0.1) is 12.4 Å². The third-order valence-electron chi connectivity index (χ3n) is 5.48. The highest BCUT2D eigenvalue weighted by atomic mass is 32.2. The predicted molar refractivity (Wildman–Crippen MR) is 118 cm³/mol. The zero-order valence-corrected chi connectivity index (χ0v) is 18.5. The van der Waals surface area contributed by atoms with E-state index in [1.807, 2.05) is 37.3 Å². The van der Waals surface area contributed by atoms with Crippen LogP contribution in [0.25, 0.3) is 0 Å². The van der Waals surface area contributed by atoms with E-state index in [-0.39, 0.29) is 28.2 Å². The Balaban J connectivity index is 0.00000300. The van der Waals surface area contributed by atoms with Crippen molar-refractivity contribution in [1.29, 1.82) is 0 Å². The Bertz CT molecular complexity index is 881. The maximum Gasteiger partial charge on any atom is 0.265 e. The maximum absolute atomic E-state index is 11.9. The molecule has 2 aromatic carbocycles. The van der Waals surface area contributed by atoms with Crippen molar-refractivity contribution >= 4 is 10.1 Å². The molecule has 1 saturated heterocycles. The minimum atomic E-state index is -3.62. The van der Waals surface area contributed by atoms with Crippen LogP contribution in [-0.4, -0.2) is 65.3 Å². The summed E-state index contributed by atoms with van der Waals surface area (Å²) in [6.45, 7) is 3.14. The average Bonchev–Trinajstić information content (AvgIpc) is 2.67. The summed E-state index contributed by atoms with van der Waals surface area (Å²) in [6, 6.07) is 15.8. The molecule has 1 aliphatic heterocycles. The lowest BCUT2D eigenvalue weighted by Crippen LogP contribution is -2.49. The maximum atomic E-state index is 11.9. The number of aliphatic hydroxyl groups excluding tert-OH is 1. The molecule has 1 heterocycles. The number of phenolic OH excluding ortho intramolecular Hbond substituents is 1. The number of piperidine rings is 1. The summed E-state index contributed by atoms with van der Waals surface area (Å²) in [4.78, 5) is 2.14. The lowest BCUT2D eigenvalue weighted by atomic mass is 9.83. The van der Waals surface area contributed by atoms with Gasteiger partial charge in [0, 0.05) is 19.1 Å². The molecule has 1 aliphatic rings. The van der Waals surface area contributed by atoms with E-state index in [2.05, 4.69) is 4.90 Å². The summed E-state index contributed by atoms with van der Waals surface area (Å²) < 4.78 is 29.4. The molecule has 31 heavy (non-hydrogen) atoms. The number of aromatic hydroxyl groups is 1. The summed E-state index contributed by atoms with van der Waals surface area (Å²) in [5, 5.41) is 20.1. The molecule has 2 aromatic rings. The van der Waals surface area contributed by atoms with Crippen LogP contribution in [0.5, 0.6) is 5.75 Å². The summed E-state index contributed by atoms with van der Waals surface area (Å²) in [6.07, 6.45) is 1.40. The van der Waals surface area contributed by atoms with Gasteiger partial charge >= 0.3 is 0 Å². The highest BCUT2D eigenvalue weighted by Crippen LogP contribution is 2.39. The van der Waals surface area contributed by atoms with Crippen LogP contribution < -0.4 is 0 Å². The van der Waals surface area contributed by atoms with Crippen molar-refractivity contribution in [2.75, 3.05) is 19.3 Å². The van der Waals surface area contributed by atoms with E-state index < -0.39 is 21.8 Å². The molecule has 2 atom stereocenters. The molecule has 9 nitrogen and oxygen atoms in total. The smallest absolute Gasteiger partial charge is 0.265 e. The number of nitrogens with zero attached hydrogens (tertiary/aromatic N) is 1. The zero-order valence-electron chi connectivity index (χ0n) is 17.7. The topological polar surface area (TPSA) is 182 Å². The minimum absolute atomic E-state index is 0. The van der Waals surface area contributed by atoms with E-state index >= 15 is 0 Å². The van der Waals surface area contributed by atoms with E-state index in [0.29, 0.717) is 25.9 Å². The molecule has 8 N–H and O–H groups in total. The van der Waals surface area contributed by atoms with Gasteiger partial charge in [0.25, 0.3) is 10.1 Å². The molecule has 0 radical (unpaired) electrons. The third kappa shape index (κ3) is 6.97. The average molecular weight is 460 g/mol. The lowest BCUT2D eigenvalue weighted by molar-refractivity contribution is -0.0297. The second-order valence-corrected chi connectivity index (χ2v) is 9.04.